The smallest absolute Gasteiger partial charge is 0.349 e. The summed E-state index contributed by atoms with van der Waals surface area (Å²) in [5.74, 6) is -0.157. The van der Waals surface area contributed by atoms with Crippen molar-refractivity contribution in [1.29, 1.82) is 0 Å². The van der Waals surface area contributed by atoms with Gasteiger partial charge in [-0.15, -0.1) is 0 Å². The quantitative estimate of drug-likeness (QED) is 0.311. The Morgan fingerprint density at radius 3 is 2.65 bits per heavy atom. The highest BCUT2D eigenvalue weighted by atomic mass is 17.2. The van der Waals surface area contributed by atoms with Gasteiger partial charge in [-0.3, -0.25) is 4.89 Å². The highest BCUT2D eigenvalue weighted by molar-refractivity contribution is 5.81. The van der Waals surface area contributed by atoms with Crippen molar-refractivity contribution in [2.45, 2.75) is 52.2 Å². The van der Waals surface area contributed by atoms with Gasteiger partial charge in [0.05, 0.1) is 0 Å². The van der Waals surface area contributed by atoms with E-state index in [1.54, 1.807) is 13.0 Å². The molecule has 1 unspecified atom stereocenters. The molecule has 1 saturated carbocycles. The second-order valence-electron chi connectivity index (χ2n) is 4.22. The molecule has 0 spiro atoms. The fraction of sp³-hybridized carbons (Fsp3) is 0.769. The van der Waals surface area contributed by atoms with Crippen molar-refractivity contribution in [3.8, 4) is 0 Å². The average molecular weight is 242 g/mol. The van der Waals surface area contributed by atoms with Gasteiger partial charge in [0, 0.05) is 18.6 Å². The summed E-state index contributed by atoms with van der Waals surface area (Å²) in [6, 6.07) is 0. The third-order valence-electron chi connectivity index (χ3n) is 2.89. The Labute approximate surface area is 103 Å². The normalized spacial score (nSPS) is 19.4. The van der Waals surface area contributed by atoms with Crippen LogP contribution in [0.2, 0.25) is 0 Å². The third kappa shape index (κ3) is 5.33. The van der Waals surface area contributed by atoms with Crippen molar-refractivity contribution >= 4 is 5.97 Å². The van der Waals surface area contributed by atoms with Crippen LogP contribution in [-0.2, 0) is 19.3 Å². The number of carbonyl (C=O) groups is 1. The molecule has 4 heteroatoms. The lowest BCUT2D eigenvalue weighted by molar-refractivity contribution is -0.362. The van der Waals surface area contributed by atoms with Gasteiger partial charge in [-0.25, -0.2) is 4.79 Å². The molecule has 1 fully saturated rings. The van der Waals surface area contributed by atoms with Gasteiger partial charge >= 0.3 is 5.97 Å². The first-order valence-electron chi connectivity index (χ1n) is 6.39. The van der Waals surface area contributed by atoms with E-state index in [2.05, 4.69) is 0 Å². The molecule has 0 saturated heterocycles. The third-order valence-corrected chi connectivity index (χ3v) is 2.89. The lowest BCUT2D eigenvalue weighted by Gasteiger charge is -2.28. The fourth-order valence-corrected chi connectivity index (χ4v) is 2.07. The number of carbonyl (C=O) groups excluding carboxylic acids is 1. The van der Waals surface area contributed by atoms with E-state index in [1.807, 2.05) is 6.92 Å². The fourth-order valence-electron chi connectivity index (χ4n) is 2.07. The molecule has 1 rings (SSSR count). The van der Waals surface area contributed by atoms with Gasteiger partial charge in [0.2, 0.25) is 6.29 Å². The molecule has 1 atom stereocenters. The van der Waals surface area contributed by atoms with Crippen molar-refractivity contribution in [2.24, 2.45) is 5.92 Å². The van der Waals surface area contributed by atoms with Crippen LogP contribution in [0.4, 0.5) is 0 Å². The lowest BCUT2D eigenvalue weighted by atomic mass is 9.89. The summed E-state index contributed by atoms with van der Waals surface area (Å²) < 4.78 is 5.49. The molecule has 17 heavy (non-hydrogen) atoms. The largest absolute Gasteiger partial charge is 0.365 e. The van der Waals surface area contributed by atoms with Crippen LogP contribution in [0.3, 0.4) is 0 Å². The summed E-state index contributed by atoms with van der Waals surface area (Å²) in [6.45, 7) is 4.22. The monoisotopic (exact) mass is 242 g/mol. The SMILES string of the molecule is C/C=C/C(=O)OOC(OCC)C1CCCCC1. The van der Waals surface area contributed by atoms with Crippen molar-refractivity contribution in [1.82, 2.24) is 0 Å². The van der Waals surface area contributed by atoms with Crippen LogP contribution >= 0.6 is 0 Å². The van der Waals surface area contributed by atoms with Crippen LogP contribution in [0.25, 0.3) is 0 Å². The molecule has 98 valence electrons. The summed E-state index contributed by atoms with van der Waals surface area (Å²) in [7, 11) is 0. The minimum atomic E-state index is -0.493. The van der Waals surface area contributed by atoms with Gasteiger partial charge in [0.25, 0.3) is 0 Å². The maximum absolute atomic E-state index is 11.1. The van der Waals surface area contributed by atoms with Crippen molar-refractivity contribution in [3.63, 3.8) is 0 Å². The average Bonchev–Trinajstić information content (AvgIpc) is 2.36. The minimum Gasteiger partial charge on any atom is -0.349 e. The van der Waals surface area contributed by atoms with Crippen LogP contribution in [-0.4, -0.2) is 18.9 Å². The Kier molecular flexibility index (Phi) is 6.89. The summed E-state index contributed by atoms with van der Waals surface area (Å²) >= 11 is 0. The number of ether oxygens (including phenoxy) is 1. The van der Waals surface area contributed by atoms with Gasteiger partial charge < -0.3 is 4.74 Å². The molecule has 0 N–H and O–H groups in total. The van der Waals surface area contributed by atoms with Gasteiger partial charge in [-0.05, 0) is 26.7 Å². The first kappa shape index (κ1) is 14.2. The predicted octanol–water partition coefficient (Wildman–Crippen LogP) is 2.98. The molecule has 0 aromatic heterocycles. The molecule has 0 aromatic carbocycles. The standard InChI is InChI=1S/C13H22O4/c1-3-8-12(14)16-17-13(15-4-2)11-9-6-5-7-10-11/h3,8,11,13H,4-7,9-10H2,1-2H3/b8-3+. The minimum absolute atomic E-state index is 0.335. The van der Waals surface area contributed by atoms with Gasteiger partial charge in [-0.1, -0.05) is 25.3 Å². The Morgan fingerprint density at radius 2 is 2.06 bits per heavy atom. The molecule has 0 aliphatic heterocycles. The zero-order chi connectivity index (χ0) is 12.5. The first-order chi connectivity index (χ1) is 8.27. The number of rotatable bonds is 6. The highest BCUT2D eigenvalue weighted by Crippen LogP contribution is 2.28. The van der Waals surface area contributed by atoms with E-state index in [0.29, 0.717) is 12.5 Å². The highest BCUT2D eigenvalue weighted by Gasteiger charge is 2.26. The topological polar surface area (TPSA) is 44.8 Å². The molecule has 1 aliphatic rings. The zero-order valence-electron chi connectivity index (χ0n) is 10.7. The van der Waals surface area contributed by atoms with E-state index < -0.39 is 12.3 Å². The van der Waals surface area contributed by atoms with Crippen molar-refractivity contribution in [2.75, 3.05) is 6.61 Å². The Bertz CT molecular complexity index is 244. The van der Waals surface area contributed by atoms with E-state index in [9.17, 15) is 4.79 Å². The van der Waals surface area contributed by atoms with E-state index >= 15 is 0 Å². The van der Waals surface area contributed by atoms with Gasteiger partial charge in [0.15, 0.2) is 0 Å². The molecule has 1 aliphatic carbocycles. The number of hydrogen-bond acceptors (Lipinski definition) is 4. The number of allylic oxidation sites excluding steroid dienone is 1. The summed E-state index contributed by atoms with van der Waals surface area (Å²) in [5, 5.41) is 0. The molecule has 0 heterocycles. The van der Waals surface area contributed by atoms with Crippen molar-refractivity contribution < 1.29 is 19.3 Å². The molecular formula is C13H22O4. The van der Waals surface area contributed by atoms with E-state index in [0.717, 1.165) is 12.8 Å². The van der Waals surface area contributed by atoms with E-state index in [-0.39, 0.29) is 0 Å². The Balaban J connectivity index is 2.38. The van der Waals surface area contributed by atoms with Crippen molar-refractivity contribution in [3.05, 3.63) is 12.2 Å². The lowest BCUT2D eigenvalue weighted by Crippen LogP contribution is -2.29. The molecular weight excluding hydrogens is 220 g/mol. The van der Waals surface area contributed by atoms with E-state index in [4.69, 9.17) is 14.5 Å². The molecule has 0 radical (unpaired) electrons. The molecule has 0 aromatic rings. The maximum Gasteiger partial charge on any atom is 0.365 e. The zero-order valence-corrected chi connectivity index (χ0v) is 10.7. The molecule has 4 nitrogen and oxygen atoms in total. The first-order valence-corrected chi connectivity index (χ1v) is 6.39. The van der Waals surface area contributed by atoms with Crippen LogP contribution in [0.5, 0.6) is 0 Å². The maximum atomic E-state index is 11.1. The van der Waals surface area contributed by atoms with E-state index in [1.165, 1.54) is 25.3 Å². The second kappa shape index (κ2) is 8.25. The summed E-state index contributed by atoms with van der Waals surface area (Å²) in [6.07, 6.45) is 8.33. The Hall–Kier alpha value is -0.870. The van der Waals surface area contributed by atoms with Crippen LogP contribution in [0.15, 0.2) is 12.2 Å². The van der Waals surface area contributed by atoms with Crippen LogP contribution < -0.4 is 0 Å². The molecule has 0 bridgehead atoms. The van der Waals surface area contributed by atoms with Crippen LogP contribution in [0.1, 0.15) is 46.0 Å². The second-order valence-corrected chi connectivity index (χ2v) is 4.22. The predicted molar refractivity (Wildman–Crippen MR) is 64.0 cm³/mol. The Morgan fingerprint density at radius 1 is 1.35 bits per heavy atom. The summed E-state index contributed by atoms with van der Waals surface area (Å²) in [5.41, 5.74) is 0. The van der Waals surface area contributed by atoms with Crippen LogP contribution in [0, 0.1) is 5.92 Å². The summed E-state index contributed by atoms with van der Waals surface area (Å²) in [4.78, 5) is 21.0. The van der Waals surface area contributed by atoms with Gasteiger partial charge in [-0.2, -0.15) is 4.89 Å². The van der Waals surface area contributed by atoms with Gasteiger partial charge in [0.1, 0.15) is 0 Å². The number of hydrogen-bond donors (Lipinski definition) is 0. The molecule has 0 amide bonds.